The maximum absolute atomic E-state index is 12.9. The predicted molar refractivity (Wildman–Crippen MR) is 36.2 cm³/mol. The first-order valence-corrected chi connectivity index (χ1v) is 3.64. The Kier molecular flexibility index (Phi) is 1.95. The zero-order valence-electron chi connectivity index (χ0n) is 6.32. The van der Waals surface area contributed by atoms with Crippen molar-refractivity contribution in [1.82, 2.24) is 5.32 Å². The van der Waals surface area contributed by atoms with Gasteiger partial charge in [0.1, 0.15) is 0 Å². The summed E-state index contributed by atoms with van der Waals surface area (Å²) in [6, 6.07) is -0.681. The van der Waals surface area contributed by atoms with E-state index in [1.165, 1.54) is 6.92 Å². The molecule has 0 heterocycles. The van der Waals surface area contributed by atoms with Gasteiger partial charge in [0.05, 0.1) is 6.04 Å². The van der Waals surface area contributed by atoms with Gasteiger partial charge in [-0.05, 0) is 26.8 Å². The van der Waals surface area contributed by atoms with Crippen LogP contribution in [-0.2, 0) is 0 Å². The highest BCUT2D eigenvalue weighted by Gasteiger charge is 2.49. The van der Waals surface area contributed by atoms with E-state index in [0.29, 0.717) is 12.8 Å². The zero-order valence-corrected chi connectivity index (χ0v) is 6.32. The Bertz CT molecular complexity index is 121. The van der Waals surface area contributed by atoms with E-state index in [0.717, 1.165) is 0 Å². The molecule has 1 aliphatic rings. The van der Waals surface area contributed by atoms with Crippen LogP contribution < -0.4 is 5.32 Å². The standard InChI is InChI=1S/C7H13F2N/c1-5(10-2)7(8,9)6-3-4-6/h5-6,10H,3-4H2,1-2H3. The van der Waals surface area contributed by atoms with Crippen LogP contribution in [0.5, 0.6) is 0 Å². The van der Waals surface area contributed by atoms with Crippen LogP contribution in [0.25, 0.3) is 0 Å². The predicted octanol–water partition coefficient (Wildman–Crippen LogP) is 1.64. The van der Waals surface area contributed by atoms with Crippen molar-refractivity contribution in [2.75, 3.05) is 7.05 Å². The Morgan fingerprint density at radius 2 is 2.00 bits per heavy atom. The molecule has 1 unspecified atom stereocenters. The average Bonchev–Trinajstić information content (AvgIpc) is 2.66. The van der Waals surface area contributed by atoms with E-state index < -0.39 is 12.0 Å². The van der Waals surface area contributed by atoms with Gasteiger partial charge in [-0.2, -0.15) is 0 Å². The lowest BCUT2D eigenvalue weighted by Gasteiger charge is -2.22. The zero-order chi connectivity index (χ0) is 7.78. The number of rotatable bonds is 3. The van der Waals surface area contributed by atoms with E-state index in [-0.39, 0.29) is 5.92 Å². The van der Waals surface area contributed by atoms with Crippen LogP contribution in [0.1, 0.15) is 19.8 Å². The number of nitrogens with one attached hydrogen (secondary N) is 1. The molecule has 0 aromatic heterocycles. The Morgan fingerprint density at radius 1 is 1.50 bits per heavy atom. The molecule has 0 amide bonds. The molecular weight excluding hydrogens is 136 g/mol. The van der Waals surface area contributed by atoms with Gasteiger partial charge in [-0.1, -0.05) is 0 Å². The molecule has 1 aliphatic carbocycles. The Morgan fingerprint density at radius 3 is 2.30 bits per heavy atom. The molecule has 0 radical (unpaired) electrons. The summed E-state index contributed by atoms with van der Waals surface area (Å²) in [4.78, 5) is 0. The van der Waals surface area contributed by atoms with Crippen molar-refractivity contribution in [3.05, 3.63) is 0 Å². The molecule has 1 fully saturated rings. The SMILES string of the molecule is CNC(C)C(F)(F)C1CC1. The fourth-order valence-corrected chi connectivity index (χ4v) is 1.01. The summed E-state index contributed by atoms with van der Waals surface area (Å²) in [5.41, 5.74) is 0. The summed E-state index contributed by atoms with van der Waals surface area (Å²) in [7, 11) is 1.57. The molecule has 1 rings (SSSR count). The number of hydrogen-bond acceptors (Lipinski definition) is 1. The van der Waals surface area contributed by atoms with Gasteiger partial charge in [0.25, 0.3) is 5.92 Å². The van der Waals surface area contributed by atoms with Crippen molar-refractivity contribution in [1.29, 1.82) is 0 Å². The first kappa shape index (κ1) is 7.92. The van der Waals surface area contributed by atoms with Crippen molar-refractivity contribution < 1.29 is 8.78 Å². The summed E-state index contributed by atoms with van der Waals surface area (Å²) in [6.07, 6.45) is 1.39. The van der Waals surface area contributed by atoms with Gasteiger partial charge in [0.2, 0.25) is 0 Å². The quantitative estimate of drug-likeness (QED) is 0.643. The van der Waals surface area contributed by atoms with Crippen molar-refractivity contribution in [2.45, 2.75) is 31.7 Å². The summed E-state index contributed by atoms with van der Waals surface area (Å²) in [5.74, 6) is -2.84. The molecule has 60 valence electrons. The highest BCUT2D eigenvalue weighted by atomic mass is 19.3. The van der Waals surface area contributed by atoms with Crippen molar-refractivity contribution in [3.8, 4) is 0 Å². The Balaban J connectivity index is 2.47. The highest BCUT2D eigenvalue weighted by molar-refractivity contribution is 4.93. The van der Waals surface area contributed by atoms with Crippen LogP contribution in [-0.4, -0.2) is 19.0 Å². The first-order valence-electron chi connectivity index (χ1n) is 3.64. The Hall–Kier alpha value is -0.180. The largest absolute Gasteiger partial charge is 0.312 e. The lowest BCUT2D eigenvalue weighted by molar-refractivity contribution is -0.0506. The van der Waals surface area contributed by atoms with E-state index in [1.807, 2.05) is 0 Å². The van der Waals surface area contributed by atoms with Crippen LogP contribution >= 0.6 is 0 Å². The highest BCUT2D eigenvalue weighted by Crippen LogP contribution is 2.44. The molecule has 1 nitrogen and oxygen atoms in total. The topological polar surface area (TPSA) is 12.0 Å². The third-order valence-electron chi connectivity index (χ3n) is 2.13. The molecule has 1 N–H and O–H groups in total. The fourth-order valence-electron chi connectivity index (χ4n) is 1.01. The van der Waals surface area contributed by atoms with Gasteiger partial charge < -0.3 is 5.32 Å². The summed E-state index contributed by atoms with van der Waals surface area (Å²) < 4.78 is 25.9. The van der Waals surface area contributed by atoms with E-state index in [2.05, 4.69) is 5.32 Å². The number of hydrogen-bond donors (Lipinski definition) is 1. The second-order valence-corrected chi connectivity index (χ2v) is 2.96. The summed E-state index contributed by atoms with van der Waals surface area (Å²) in [5, 5.41) is 2.58. The van der Waals surface area contributed by atoms with Crippen LogP contribution in [0.2, 0.25) is 0 Å². The minimum atomic E-state index is -2.49. The van der Waals surface area contributed by atoms with E-state index in [1.54, 1.807) is 7.05 Å². The minimum Gasteiger partial charge on any atom is -0.312 e. The molecule has 0 spiro atoms. The van der Waals surface area contributed by atoms with Crippen molar-refractivity contribution in [3.63, 3.8) is 0 Å². The molecule has 1 atom stereocenters. The molecule has 0 saturated heterocycles. The Labute approximate surface area is 59.8 Å². The van der Waals surface area contributed by atoms with E-state index in [4.69, 9.17) is 0 Å². The van der Waals surface area contributed by atoms with E-state index >= 15 is 0 Å². The summed E-state index contributed by atoms with van der Waals surface area (Å²) >= 11 is 0. The van der Waals surface area contributed by atoms with Gasteiger partial charge in [-0.25, -0.2) is 8.78 Å². The summed E-state index contributed by atoms with van der Waals surface area (Å²) in [6.45, 7) is 1.53. The normalized spacial score (nSPS) is 22.8. The van der Waals surface area contributed by atoms with Crippen LogP contribution in [0.3, 0.4) is 0 Å². The van der Waals surface area contributed by atoms with Gasteiger partial charge in [0.15, 0.2) is 0 Å². The maximum Gasteiger partial charge on any atom is 0.265 e. The van der Waals surface area contributed by atoms with Crippen molar-refractivity contribution in [2.24, 2.45) is 5.92 Å². The number of alkyl halides is 2. The second-order valence-electron chi connectivity index (χ2n) is 2.96. The molecule has 0 aromatic carbocycles. The monoisotopic (exact) mass is 149 g/mol. The molecule has 0 aromatic rings. The first-order chi connectivity index (χ1) is 4.59. The molecule has 10 heavy (non-hydrogen) atoms. The molecule has 0 aliphatic heterocycles. The maximum atomic E-state index is 12.9. The van der Waals surface area contributed by atoms with E-state index in [9.17, 15) is 8.78 Å². The molecule has 1 saturated carbocycles. The number of halogens is 2. The smallest absolute Gasteiger partial charge is 0.265 e. The van der Waals surface area contributed by atoms with Gasteiger partial charge in [0, 0.05) is 5.92 Å². The lowest BCUT2D eigenvalue weighted by atomic mass is 10.1. The van der Waals surface area contributed by atoms with Gasteiger partial charge >= 0.3 is 0 Å². The van der Waals surface area contributed by atoms with Crippen molar-refractivity contribution >= 4 is 0 Å². The lowest BCUT2D eigenvalue weighted by Crippen LogP contribution is -2.42. The molecule has 0 bridgehead atoms. The third kappa shape index (κ3) is 1.29. The molecule has 3 heteroatoms. The minimum absolute atomic E-state index is 0.352. The fraction of sp³-hybridized carbons (Fsp3) is 1.00. The second kappa shape index (κ2) is 2.46. The van der Waals surface area contributed by atoms with Crippen LogP contribution in [0.15, 0.2) is 0 Å². The average molecular weight is 149 g/mol. The molecular formula is C7H13F2N. The van der Waals surface area contributed by atoms with Crippen LogP contribution in [0, 0.1) is 5.92 Å². The van der Waals surface area contributed by atoms with Gasteiger partial charge in [-0.3, -0.25) is 0 Å². The van der Waals surface area contributed by atoms with Gasteiger partial charge in [-0.15, -0.1) is 0 Å². The van der Waals surface area contributed by atoms with Crippen LogP contribution in [0.4, 0.5) is 8.78 Å². The third-order valence-corrected chi connectivity index (χ3v) is 2.13.